The van der Waals surface area contributed by atoms with Crippen molar-refractivity contribution in [1.82, 2.24) is 0 Å². The second-order valence-corrected chi connectivity index (χ2v) is 3.72. The Balaban J connectivity index is 2.59. The third-order valence-corrected chi connectivity index (χ3v) is 2.37. The van der Waals surface area contributed by atoms with Gasteiger partial charge in [-0.05, 0) is 36.2 Å². The molecule has 0 bridgehead atoms. The molecular formula is C13H14N2. The fraction of sp³-hybridized carbons (Fsp3) is 0.0769. The van der Waals surface area contributed by atoms with Gasteiger partial charge in [-0.2, -0.15) is 0 Å². The summed E-state index contributed by atoms with van der Waals surface area (Å²) in [6.07, 6.45) is 0. The maximum atomic E-state index is 5.91. The van der Waals surface area contributed by atoms with E-state index in [1.54, 1.807) is 0 Å². The fourth-order valence-electron chi connectivity index (χ4n) is 1.73. The SMILES string of the molecule is Cc1cc(N)cc(-c2ccccc2N)c1. The van der Waals surface area contributed by atoms with Crippen molar-refractivity contribution in [1.29, 1.82) is 0 Å². The second-order valence-electron chi connectivity index (χ2n) is 3.72. The van der Waals surface area contributed by atoms with E-state index in [9.17, 15) is 0 Å². The van der Waals surface area contributed by atoms with Crippen molar-refractivity contribution < 1.29 is 0 Å². The van der Waals surface area contributed by atoms with Gasteiger partial charge in [-0.25, -0.2) is 0 Å². The van der Waals surface area contributed by atoms with E-state index in [0.29, 0.717) is 0 Å². The molecule has 0 saturated carbocycles. The van der Waals surface area contributed by atoms with Crippen LogP contribution in [0.2, 0.25) is 0 Å². The number of para-hydroxylation sites is 1. The summed E-state index contributed by atoms with van der Waals surface area (Å²) in [5.41, 5.74) is 16.5. The first kappa shape index (κ1) is 9.59. The van der Waals surface area contributed by atoms with E-state index in [1.165, 1.54) is 0 Å². The molecule has 2 rings (SSSR count). The van der Waals surface area contributed by atoms with Crippen LogP contribution < -0.4 is 11.5 Å². The molecule has 0 aliphatic carbocycles. The van der Waals surface area contributed by atoms with E-state index in [-0.39, 0.29) is 0 Å². The Bertz CT molecular complexity index is 469. The highest BCUT2D eigenvalue weighted by molar-refractivity contribution is 5.78. The Labute approximate surface area is 89.5 Å². The molecule has 4 N–H and O–H groups in total. The fourth-order valence-corrected chi connectivity index (χ4v) is 1.73. The summed E-state index contributed by atoms with van der Waals surface area (Å²) in [5.74, 6) is 0. The second kappa shape index (κ2) is 3.65. The lowest BCUT2D eigenvalue weighted by atomic mass is 10.0. The third-order valence-electron chi connectivity index (χ3n) is 2.37. The highest BCUT2D eigenvalue weighted by atomic mass is 14.6. The molecule has 0 radical (unpaired) electrons. The zero-order chi connectivity index (χ0) is 10.8. The van der Waals surface area contributed by atoms with E-state index < -0.39 is 0 Å². The van der Waals surface area contributed by atoms with Gasteiger partial charge in [0.25, 0.3) is 0 Å². The molecular weight excluding hydrogens is 184 g/mol. The van der Waals surface area contributed by atoms with Gasteiger partial charge in [0.1, 0.15) is 0 Å². The monoisotopic (exact) mass is 198 g/mol. The van der Waals surface area contributed by atoms with Crippen LogP contribution in [0.3, 0.4) is 0 Å². The van der Waals surface area contributed by atoms with Crippen LogP contribution in [0, 0.1) is 6.92 Å². The predicted octanol–water partition coefficient (Wildman–Crippen LogP) is 2.83. The Hall–Kier alpha value is -1.96. The Kier molecular flexibility index (Phi) is 2.34. The summed E-state index contributed by atoms with van der Waals surface area (Å²) >= 11 is 0. The molecule has 0 fully saturated rings. The molecule has 0 aromatic heterocycles. The molecule has 76 valence electrons. The van der Waals surface area contributed by atoms with E-state index in [2.05, 4.69) is 6.07 Å². The molecule has 0 saturated heterocycles. The van der Waals surface area contributed by atoms with Crippen molar-refractivity contribution >= 4 is 11.4 Å². The van der Waals surface area contributed by atoms with Crippen molar-refractivity contribution in [3.8, 4) is 11.1 Å². The van der Waals surface area contributed by atoms with E-state index in [0.717, 1.165) is 28.1 Å². The van der Waals surface area contributed by atoms with E-state index in [1.807, 2.05) is 43.3 Å². The lowest BCUT2D eigenvalue weighted by Crippen LogP contribution is -1.92. The third kappa shape index (κ3) is 1.94. The minimum Gasteiger partial charge on any atom is -0.399 e. The summed E-state index contributed by atoms with van der Waals surface area (Å²) in [7, 11) is 0. The summed E-state index contributed by atoms with van der Waals surface area (Å²) in [5, 5.41) is 0. The van der Waals surface area contributed by atoms with E-state index >= 15 is 0 Å². The van der Waals surface area contributed by atoms with Gasteiger partial charge in [-0.3, -0.25) is 0 Å². The lowest BCUT2D eigenvalue weighted by molar-refractivity contribution is 1.47. The molecule has 0 spiro atoms. The Morgan fingerprint density at radius 1 is 0.933 bits per heavy atom. The smallest absolute Gasteiger partial charge is 0.0393 e. The minimum atomic E-state index is 0.772. The van der Waals surface area contributed by atoms with Gasteiger partial charge in [0.15, 0.2) is 0 Å². The lowest BCUT2D eigenvalue weighted by Gasteiger charge is -2.07. The average molecular weight is 198 g/mol. The molecule has 2 heteroatoms. The molecule has 0 aliphatic heterocycles. The number of hydrogen-bond donors (Lipinski definition) is 2. The summed E-state index contributed by atoms with van der Waals surface area (Å²) in [6, 6.07) is 13.8. The van der Waals surface area contributed by atoms with Gasteiger partial charge in [0.2, 0.25) is 0 Å². The van der Waals surface area contributed by atoms with Gasteiger partial charge >= 0.3 is 0 Å². The van der Waals surface area contributed by atoms with Gasteiger partial charge in [-0.15, -0.1) is 0 Å². The van der Waals surface area contributed by atoms with E-state index in [4.69, 9.17) is 11.5 Å². The molecule has 2 aromatic rings. The van der Waals surface area contributed by atoms with Gasteiger partial charge in [0.05, 0.1) is 0 Å². The first-order valence-corrected chi connectivity index (χ1v) is 4.89. The van der Waals surface area contributed by atoms with Gasteiger partial charge in [-0.1, -0.05) is 24.3 Å². The van der Waals surface area contributed by atoms with Crippen molar-refractivity contribution in [2.45, 2.75) is 6.92 Å². The van der Waals surface area contributed by atoms with Crippen molar-refractivity contribution in [3.05, 3.63) is 48.0 Å². The number of benzene rings is 2. The quantitative estimate of drug-likeness (QED) is 0.692. The predicted molar refractivity (Wildman–Crippen MR) is 65.4 cm³/mol. The maximum Gasteiger partial charge on any atom is 0.0393 e. The standard InChI is InChI=1S/C13H14N2/c1-9-6-10(8-11(14)7-9)12-4-2-3-5-13(12)15/h2-8H,14-15H2,1H3. The van der Waals surface area contributed by atoms with Crippen LogP contribution in [0.25, 0.3) is 11.1 Å². The number of nitrogen functional groups attached to an aromatic ring is 2. The number of aryl methyl sites for hydroxylation is 1. The molecule has 0 aliphatic rings. The number of nitrogens with two attached hydrogens (primary N) is 2. The highest BCUT2D eigenvalue weighted by Gasteiger charge is 2.02. The Morgan fingerprint density at radius 2 is 1.67 bits per heavy atom. The van der Waals surface area contributed by atoms with Gasteiger partial charge in [0, 0.05) is 16.9 Å². The molecule has 0 heterocycles. The molecule has 2 aromatic carbocycles. The zero-order valence-corrected chi connectivity index (χ0v) is 8.70. The van der Waals surface area contributed by atoms with Crippen molar-refractivity contribution in [2.75, 3.05) is 11.5 Å². The largest absolute Gasteiger partial charge is 0.399 e. The van der Waals surface area contributed by atoms with Crippen molar-refractivity contribution in [2.24, 2.45) is 0 Å². The normalized spacial score (nSPS) is 10.2. The Morgan fingerprint density at radius 3 is 2.33 bits per heavy atom. The summed E-state index contributed by atoms with van der Waals surface area (Å²) in [6.45, 7) is 2.03. The first-order chi connectivity index (χ1) is 7.16. The first-order valence-electron chi connectivity index (χ1n) is 4.89. The van der Waals surface area contributed by atoms with Crippen LogP contribution in [0.5, 0.6) is 0 Å². The van der Waals surface area contributed by atoms with Crippen LogP contribution in [0.4, 0.5) is 11.4 Å². The minimum absolute atomic E-state index is 0.772. The average Bonchev–Trinajstić information content (AvgIpc) is 2.16. The van der Waals surface area contributed by atoms with Crippen LogP contribution in [-0.4, -0.2) is 0 Å². The molecule has 0 atom stereocenters. The maximum absolute atomic E-state index is 5.91. The summed E-state index contributed by atoms with van der Waals surface area (Å²) < 4.78 is 0. The molecule has 0 amide bonds. The van der Waals surface area contributed by atoms with Crippen LogP contribution in [-0.2, 0) is 0 Å². The number of rotatable bonds is 1. The van der Waals surface area contributed by atoms with Crippen LogP contribution in [0.1, 0.15) is 5.56 Å². The molecule has 2 nitrogen and oxygen atoms in total. The van der Waals surface area contributed by atoms with Crippen LogP contribution >= 0.6 is 0 Å². The van der Waals surface area contributed by atoms with Crippen molar-refractivity contribution in [3.63, 3.8) is 0 Å². The topological polar surface area (TPSA) is 52.0 Å². The summed E-state index contributed by atoms with van der Waals surface area (Å²) in [4.78, 5) is 0. The zero-order valence-electron chi connectivity index (χ0n) is 8.70. The number of anilines is 2. The molecule has 15 heavy (non-hydrogen) atoms. The van der Waals surface area contributed by atoms with Gasteiger partial charge < -0.3 is 11.5 Å². The number of hydrogen-bond acceptors (Lipinski definition) is 2. The molecule has 0 unspecified atom stereocenters. The highest BCUT2D eigenvalue weighted by Crippen LogP contribution is 2.27. The van der Waals surface area contributed by atoms with Crippen LogP contribution in [0.15, 0.2) is 42.5 Å².